The van der Waals surface area contributed by atoms with Gasteiger partial charge in [0, 0.05) is 42.7 Å². The number of hydrogen-bond acceptors (Lipinski definition) is 6. The molecule has 2 aromatic heterocycles. The summed E-state index contributed by atoms with van der Waals surface area (Å²) in [5.41, 5.74) is 2.23. The molecule has 0 spiro atoms. The van der Waals surface area contributed by atoms with Crippen molar-refractivity contribution >= 4 is 22.7 Å². The smallest absolute Gasteiger partial charge is 0.260 e. The van der Waals surface area contributed by atoms with E-state index in [1.165, 1.54) is 18.4 Å². The molecule has 1 aliphatic heterocycles. The molecule has 1 aromatic carbocycles. The Kier molecular flexibility index (Phi) is 5.26. The number of carbonyl (C=O) groups excluding carboxylic acids is 1. The molecule has 1 N–H and O–H groups in total. The van der Waals surface area contributed by atoms with Crippen LogP contribution in [0.1, 0.15) is 37.0 Å². The Bertz CT molecular complexity index is 1030. The molecule has 0 unspecified atom stereocenters. The molecule has 1 aliphatic carbocycles. The first kappa shape index (κ1) is 18.9. The molecule has 7 nitrogen and oxygen atoms in total. The average molecular weight is 406 g/mol. The van der Waals surface area contributed by atoms with Gasteiger partial charge in [-0.2, -0.15) is 5.10 Å². The second kappa shape index (κ2) is 8.34. The van der Waals surface area contributed by atoms with Gasteiger partial charge in [0.2, 0.25) is 0 Å². The summed E-state index contributed by atoms with van der Waals surface area (Å²) >= 11 is 0. The van der Waals surface area contributed by atoms with Crippen molar-refractivity contribution in [3.63, 3.8) is 0 Å². The molecule has 1 saturated heterocycles. The van der Waals surface area contributed by atoms with Crippen LogP contribution in [-0.2, 0) is 17.6 Å². The average Bonchev–Trinajstić information content (AvgIpc) is 3.17. The number of amides is 1. The number of nitrogens with zero attached hydrogens (tertiary/aromatic N) is 3. The molecule has 156 valence electrons. The summed E-state index contributed by atoms with van der Waals surface area (Å²) in [6, 6.07) is 9.95. The topological polar surface area (TPSA) is 80.5 Å². The summed E-state index contributed by atoms with van der Waals surface area (Å²) < 4.78 is 11.8. The molecule has 0 radical (unpaired) electrons. The van der Waals surface area contributed by atoms with Crippen LogP contribution in [0.3, 0.4) is 0 Å². The van der Waals surface area contributed by atoms with Gasteiger partial charge in [-0.25, -0.2) is 0 Å². The first-order valence-corrected chi connectivity index (χ1v) is 10.8. The fraction of sp³-hybridized carbons (Fsp3) is 0.435. The fourth-order valence-corrected chi connectivity index (χ4v) is 4.43. The van der Waals surface area contributed by atoms with E-state index in [0.29, 0.717) is 19.1 Å². The maximum absolute atomic E-state index is 12.6. The van der Waals surface area contributed by atoms with Crippen LogP contribution in [-0.4, -0.2) is 46.7 Å². The minimum absolute atomic E-state index is 0.0299. The summed E-state index contributed by atoms with van der Waals surface area (Å²) in [6.45, 7) is 1.50. The maximum atomic E-state index is 12.6. The van der Waals surface area contributed by atoms with Crippen molar-refractivity contribution in [3.05, 3.63) is 47.9 Å². The minimum atomic E-state index is 0.0299. The van der Waals surface area contributed by atoms with Crippen LogP contribution in [0.15, 0.2) is 40.9 Å². The number of piperidine rings is 1. The number of aryl methyl sites for hydroxylation is 2. The third-order valence-electron chi connectivity index (χ3n) is 6.06. The zero-order chi connectivity index (χ0) is 20.3. The number of rotatable bonds is 5. The van der Waals surface area contributed by atoms with E-state index in [2.05, 4.69) is 15.5 Å². The third kappa shape index (κ3) is 3.97. The molecule has 3 aromatic rings. The lowest BCUT2D eigenvalue weighted by molar-refractivity contribution is -0.134. The molecule has 5 rings (SSSR count). The van der Waals surface area contributed by atoms with Gasteiger partial charge in [-0.15, -0.1) is 5.10 Å². The molecule has 3 heterocycles. The van der Waals surface area contributed by atoms with E-state index in [4.69, 9.17) is 9.15 Å². The number of aromatic nitrogens is 2. The quantitative estimate of drug-likeness (QED) is 0.698. The zero-order valence-corrected chi connectivity index (χ0v) is 17.0. The SMILES string of the molecule is O=C(COc1ccc2oc3c(c2c1)CCCC3)N1CCC(Nc2cccnn2)CC1. The van der Waals surface area contributed by atoms with Gasteiger partial charge in [0.1, 0.15) is 22.9 Å². The second-order valence-corrected chi connectivity index (χ2v) is 8.07. The number of furan rings is 1. The summed E-state index contributed by atoms with van der Waals surface area (Å²) in [5, 5.41) is 12.5. The highest BCUT2D eigenvalue weighted by molar-refractivity contribution is 5.84. The van der Waals surface area contributed by atoms with E-state index in [1.54, 1.807) is 6.20 Å². The number of nitrogens with one attached hydrogen (secondary N) is 1. The number of hydrogen-bond donors (Lipinski definition) is 1. The molecular formula is C23H26N4O3. The Morgan fingerprint density at radius 2 is 2.07 bits per heavy atom. The van der Waals surface area contributed by atoms with Crippen LogP contribution in [0, 0.1) is 0 Å². The van der Waals surface area contributed by atoms with Crippen molar-refractivity contribution < 1.29 is 13.9 Å². The molecule has 0 saturated carbocycles. The lowest BCUT2D eigenvalue weighted by Gasteiger charge is -2.32. The van der Waals surface area contributed by atoms with Gasteiger partial charge in [0.15, 0.2) is 6.61 Å². The van der Waals surface area contributed by atoms with Crippen molar-refractivity contribution in [3.8, 4) is 5.75 Å². The Morgan fingerprint density at radius 1 is 1.20 bits per heavy atom. The number of ether oxygens (including phenoxy) is 1. The lowest BCUT2D eigenvalue weighted by atomic mass is 9.96. The first-order valence-electron chi connectivity index (χ1n) is 10.8. The summed E-state index contributed by atoms with van der Waals surface area (Å²) in [5.74, 6) is 2.65. The van der Waals surface area contributed by atoms with Crippen LogP contribution in [0.4, 0.5) is 5.82 Å². The van der Waals surface area contributed by atoms with E-state index in [9.17, 15) is 4.79 Å². The van der Waals surface area contributed by atoms with Crippen LogP contribution < -0.4 is 10.1 Å². The molecule has 1 amide bonds. The van der Waals surface area contributed by atoms with Crippen LogP contribution in [0.25, 0.3) is 11.0 Å². The van der Waals surface area contributed by atoms with E-state index < -0.39 is 0 Å². The molecular weight excluding hydrogens is 380 g/mol. The van der Waals surface area contributed by atoms with Crippen molar-refractivity contribution in [1.82, 2.24) is 15.1 Å². The summed E-state index contributed by atoms with van der Waals surface area (Å²) in [7, 11) is 0. The van der Waals surface area contributed by atoms with Crippen molar-refractivity contribution in [1.29, 1.82) is 0 Å². The van der Waals surface area contributed by atoms with Gasteiger partial charge in [0.25, 0.3) is 5.91 Å². The van der Waals surface area contributed by atoms with Crippen LogP contribution in [0.5, 0.6) is 5.75 Å². The Hall–Kier alpha value is -3.09. The second-order valence-electron chi connectivity index (χ2n) is 8.07. The molecule has 30 heavy (non-hydrogen) atoms. The number of fused-ring (bicyclic) bond motifs is 3. The monoisotopic (exact) mass is 406 g/mol. The molecule has 0 bridgehead atoms. The van der Waals surface area contributed by atoms with Gasteiger partial charge in [0.05, 0.1) is 0 Å². The highest BCUT2D eigenvalue weighted by Crippen LogP contribution is 2.34. The lowest BCUT2D eigenvalue weighted by Crippen LogP contribution is -2.44. The maximum Gasteiger partial charge on any atom is 0.260 e. The standard InChI is InChI=1S/C23H26N4O3/c28-23(27-12-9-16(10-13-27)25-22-6-3-11-24-26-22)15-29-17-7-8-21-19(14-17)18-4-1-2-5-20(18)30-21/h3,6-8,11,14,16H,1-2,4-5,9-10,12-13,15H2,(H,25,26). The highest BCUT2D eigenvalue weighted by atomic mass is 16.5. The Labute approximate surface area is 175 Å². The Morgan fingerprint density at radius 3 is 2.90 bits per heavy atom. The van der Waals surface area contributed by atoms with Gasteiger partial charge in [-0.05, 0) is 62.4 Å². The van der Waals surface area contributed by atoms with Crippen LogP contribution in [0.2, 0.25) is 0 Å². The molecule has 7 heteroatoms. The van der Waals surface area contributed by atoms with Crippen molar-refractivity contribution in [2.45, 2.75) is 44.6 Å². The van der Waals surface area contributed by atoms with Gasteiger partial charge in [-0.1, -0.05) is 0 Å². The van der Waals surface area contributed by atoms with Crippen molar-refractivity contribution in [2.75, 3.05) is 25.0 Å². The first-order chi connectivity index (χ1) is 14.8. The van der Waals surface area contributed by atoms with Crippen molar-refractivity contribution in [2.24, 2.45) is 0 Å². The fourth-order valence-electron chi connectivity index (χ4n) is 4.43. The van der Waals surface area contributed by atoms with Crippen LogP contribution >= 0.6 is 0 Å². The van der Waals surface area contributed by atoms with E-state index in [1.807, 2.05) is 35.2 Å². The predicted octanol–water partition coefficient (Wildman–Crippen LogP) is 3.58. The molecule has 2 aliphatic rings. The van der Waals surface area contributed by atoms with E-state index in [-0.39, 0.29) is 12.5 Å². The zero-order valence-electron chi connectivity index (χ0n) is 17.0. The number of carbonyl (C=O) groups is 1. The predicted molar refractivity (Wildman–Crippen MR) is 114 cm³/mol. The van der Waals surface area contributed by atoms with E-state index in [0.717, 1.165) is 54.0 Å². The number of likely N-dealkylation sites (tertiary alicyclic amines) is 1. The third-order valence-corrected chi connectivity index (χ3v) is 6.06. The summed E-state index contributed by atoms with van der Waals surface area (Å²) in [6.07, 6.45) is 7.89. The van der Waals surface area contributed by atoms with E-state index >= 15 is 0 Å². The highest BCUT2D eigenvalue weighted by Gasteiger charge is 2.23. The Balaban J connectivity index is 1.15. The molecule has 0 atom stereocenters. The normalized spacial score (nSPS) is 17.0. The molecule has 1 fully saturated rings. The van der Waals surface area contributed by atoms with Gasteiger partial charge in [-0.3, -0.25) is 4.79 Å². The van der Waals surface area contributed by atoms with Gasteiger partial charge >= 0.3 is 0 Å². The summed E-state index contributed by atoms with van der Waals surface area (Å²) in [4.78, 5) is 14.5. The van der Waals surface area contributed by atoms with Gasteiger partial charge < -0.3 is 19.4 Å². The number of benzene rings is 1. The minimum Gasteiger partial charge on any atom is -0.484 e. The largest absolute Gasteiger partial charge is 0.484 e. The number of anilines is 1.